The molecule has 212 valence electrons. The minimum atomic E-state index is 0.884. The smallest absolute Gasteiger partial charge is 0.137 e. The van der Waals surface area contributed by atoms with Gasteiger partial charge in [-0.3, -0.25) is 0 Å². The zero-order valence-corrected chi connectivity index (χ0v) is 25.2. The number of hydrogen-bond donors (Lipinski definition) is 0. The first-order valence-electron chi connectivity index (χ1n) is 15.2. The first-order chi connectivity index (χ1) is 22.3. The Morgan fingerprint density at radius 1 is 0.422 bits per heavy atom. The van der Waals surface area contributed by atoms with E-state index in [1.165, 1.54) is 42.4 Å². The van der Waals surface area contributed by atoms with Crippen molar-refractivity contribution in [3.05, 3.63) is 164 Å². The van der Waals surface area contributed by atoms with Crippen LogP contribution in [0.2, 0.25) is 0 Å². The fourth-order valence-electron chi connectivity index (χ4n) is 6.62. The molecule has 2 aromatic heterocycles. The molecule has 0 aliphatic carbocycles. The molecule has 0 unspecified atom stereocenters. The van der Waals surface area contributed by atoms with Gasteiger partial charge in [0.2, 0.25) is 0 Å². The highest BCUT2D eigenvalue weighted by Crippen LogP contribution is 2.45. The Balaban J connectivity index is 1.24. The van der Waals surface area contributed by atoms with Crippen molar-refractivity contribution in [1.82, 2.24) is 0 Å². The lowest BCUT2D eigenvalue weighted by Crippen LogP contribution is -2.10. The van der Waals surface area contributed by atoms with Crippen molar-refractivity contribution in [3.63, 3.8) is 0 Å². The summed E-state index contributed by atoms with van der Waals surface area (Å²) in [5.74, 6) is 0. The van der Waals surface area contributed by atoms with Gasteiger partial charge in [-0.15, -0.1) is 11.3 Å². The number of fused-ring (bicyclic) bond motifs is 6. The zero-order chi connectivity index (χ0) is 29.7. The number of rotatable bonds is 5. The van der Waals surface area contributed by atoms with Crippen LogP contribution in [-0.2, 0) is 0 Å². The third-order valence-corrected chi connectivity index (χ3v) is 9.82. The van der Waals surface area contributed by atoms with E-state index in [1.807, 2.05) is 23.5 Å². The molecule has 9 rings (SSSR count). The van der Waals surface area contributed by atoms with E-state index in [0.29, 0.717) is 0 Å². The summed E-state index contributed by atoms with van der Waals surface area (Å²) in [6, 6.07) is 58.4. The van der Waals surface area contributed by atoms with E-state index in [9.17, 15) is 0 Å². The largest absolute Gasteiger partial charge is 0.456 e. The summed E-state index contributed by atoms with van der Waals surface area (Å²) in [6.07, 6.45) is 0. The topological polar surface area (TPSA) is 16.4 Å². The van der Waals surface area contributed by atoms with E-state index in [1.54, 1.807) is 0 Å². The van der Waals surface area contributed by atoms with Crippen LogP contribution >= 0.6 is 11.3 Å². The normalized spacial score (nSPS) is 11.6. The summed E-state index contributed by atoms with van der Waals surface area (Å²) in [5, 5.41) is 4.83. The summed E-state index contributed by atoms with van der Waals surface area (Å²) in [4.78, 5) is 2.38. The zero-order valence-electron chi connectivity index (χ0n) is 24.4. The second-order valence-electron chi connectivity index (χ2n) is 11.3. The Bertz CT molecular complexity index is 2490. The van der Waals surface area contributed by atoms with Gasteiger partial charge in [0, 0.05) is 36.9 Å². The molecule has 2 nitrogen and oxygen atoms in total. The number of benzene rings is 7. The van der Waals surface area contributed by atoms with Crippen LogP contribution in [0.1, 0.15) is 0 Å². The van der Waals surface area contributed by atoms with Crippen LogP contribution in [-0.4, -0.2) is 0 Å². The quantitative estimate of drug-likeness (QED) is 0.197. The lowest BCUT2D eigenvalue weighted by Gasteiger charge is -2.26. The number of furan rings is 1. The van der Waals surface area contributed by atoms with Crippen LogP contribution in [0.15, 0.2) is 168 Å². The lowest BCUT2D eigenvalue weighted by atomic mass is 9.94. The van der Waals surface area contributed by atoms with Crippen molar-refractivity contribution in [2.75, 3.05) is 4.90 Å². The van der Waals surface area contributed by atoms with Crippen LogP contribution in [0.3, 0.4) is 0 Å². The number of para-hydroxylation sites is 1. The Labute approximate surface area is 265 Å². The van der Waals surface area contributed by atoms with Crippen molar-refractivity contribution in [2.24, 2.45) is 0 Å². The fourth-order valence-corrected chi connectivity index (χ4v) is 7.76. The predicted molar refractivity (Wildman–Crippen MR) is 192 cm³/mol. The summed E-state index contributed by atoms with van der Waals surface area (Å²) < 4.78 is 8.91. The maximum Gasteiger partial charge on any atom is 0.137 e. The molecule has 0 aliphatic heterocycles. The maximum atomic E-state index is 6.33. The summed E-state index contributed by atoms with van der Waals surface area (Å²) in [5.41, 5.74) is 9.93. The Morgan fingerprint density at radius 3 is 1.87 bits per heavy atom. The number of anilines is 3. The van der Waals surface area contributed by atoms with Gasteiger partial charge in [-0.2, -0.15) is 0 Å². The van der Waals surface area contributed by atoms with Gasteiger partial charge in [-0.05, 0) is 70.8 Å². The molecule has 2 heterocycles. The van der Waals surface area contributed by atoms with Crippen molar-refractivity contribution in [1.29, 1.82) is 0 Å². The van der Waals surface area contributed by atoms with Gasteiger partial charge >= 0.3 is 0 Å². The van der Waals surface area contributed by atoms with Gasteiger partial charge in [0.25, 0.3) is 0 Å². The maximum absolute atomic E-state index is 6.33. The average Bonchev–Trinajstić information content (AvgIpc) is 3.68. The number of hydrogen-bond acceptors (Lipinski definition) is 3. The molecular formula is C42H27NOS. The van der Waals surface area contributed by atoms with Crippen LogP contribution in [0, 0.1) is 0 Å². The van der Waals surface area contributed by atoms with Crippen molar-refractivity contribution >= 4 is 70.5 Å². The second kappa shape index (κ2) is 10.5. The Morgan fingerprint density at radius 2 is 1.04 bits per heavy atom. The van der Waals surface area contributed by atoms with Crippen LogP contribution in [0.25, 0.3) is 64.4 Å². The minimum absolute atomic E-state index is 0.884. The standard InChI is InChI=1S/C42H27NOS/c1-2-11-28(12-3-1)32-13-4-5-14-33(32)29-21-23-30(24-22-29)43(31-25-26-35-34-15-7-9-20-40(34)45-41(35)27-31)37-17-10-19-39-42(37)36-16-6-8-18-38(36)44-39/h1-27H. The van der Waals surface area contributed by atoms with Crippen LogP contribution in [0.5, 0.6) is 0 Å². The SMILES string of the molecule is c1ccc(-c2ccccc2-c2ccc(N(c3ccc4c(c3)sc3ccccc34)c3cccc4oc5ccccc5c34)cc2)cc1. The molecule has 0 spiro atoms. The van der Waals surface area contributed by atoms with Crippen molar-refractivity contribution in [2.45, 2.75) is 0 Å². The van der Waals surface area contributed by atoms with Crippen LogP contribution in [0.4, 0.5) is 17.1 Å². The number of nitrogens with zero attached hydrogens (tertiary/aromatic N) is 1. The second-order valence-corrected chi connectivity index (χ2v) is 12.4. The molecule has 0 saturated heterocycles. The number of thiophene rings is 1. The highest BCUT2D eigenvalue weighted by Gasteiger charge is 2.20. The molecule has 0 aliphatic rings. The molecule has 0 fully saturated rings. The van der Waals surface area contributed by atoms with E-state index >= 15 is 0 Å². The summed E-state index contributed by atoms with van der Waals surface area (Å²) in [6.45, 7) is 0. The molecule has 0 amide bonds. The molecule has 0 bridgehead atoms. The molecule has 45 heavy (non-hydrogen) atoms. The molecule has 0 N–H and O–H groups in total. The van der Waals surface area contributed by atoms with Gasteiger partial charge < -0.3 is 9.32 Å². The Kier molecular flexibility index (Phi) is 6.03. The molecule has 7 aromatic carbocycles. The third-order valence-electron chi connectivity index (χ3n) is 8.69. The van der Waals surface area contributed by atoms with Crippen LogP contribution < -0.4 is 4.90 Å². The van der Waals surface area contributed by atoms with Crippen molar-refractivity contribution < 1.29 is 4.42 Å². The molecule has 9 aromatic rings. The third kappa shape index (κ3) is 4.32. The van der Waals surface area contributed by atoms with E-state index in [2.05, 4.69) is 157 Å². The van der Waals surface area contributed by atoms with E-state index in [-0.39, 0.29) is 0 Å². The highest BCUT2D eigenvalue weighted by molar-refractivity contribution is 7.25. The molecule has 0 atom stereocenters. The predicted octanol–water partition coefficient (Wildman–Crippen LogP) is 12.8. The summed E-state index contributed by atoms with van der Waals surface area (Å²) in [7, 11) is 0. The minimum Gasteiger partial charge on any atom is -0.456 e. The first kappa shape index (κ1) is 25.8. The van der Waals surface area contributed by atoms with Gasteiger partial charge in [0.1, 0.15) is 11.2 Å². The van der Waals surface area contributed by atoms with Gasteiger partial charge in [-0.1, -0.05) is 115 Å². The molecule has 3 heteroatoms. The summed E-state index contributed by atoms with van der Waals surface area (Å²) >= 11 is 1.85. The van der Waals surface area contributed by atoms with E-state index in [4.69, 9.17) is 4.42 Å². The molecule has 0 radical (unpaired) electrons. The van der Waals surface area contributed by atoms with Gasteiger partial charge in [-0.25, -0.2) is 0 Å². The molecular weight excluding hydrogens is 567 g/mol. The average molecular weight is 594 g/mol. The van der Waals surface area contributed by atoms with Crippen molar-refractivity contribution in [3.8, 4) is 22.3 Å². The fraction of sp³-hybridized carbons (Fsp3) is 0. The van der Waals surface area contributed by atoms with Gasteiger partial charge in [0.15, 0.2) is 0 Å². The van der Waals surface area contributed by atoms with Gasteiger partial charge in [0.05, 0.1) is 11.1 Å². The molecule has 0 saturated carbocycles. The first-order valence-corrected chi connectivity index (χ1v) is 16.0. The monoisotopic (exact) mass is 593 g/mol. The van der Waals surface area contributed by atoms with E-state index < -0.39 is 0 Å². The van der Waals surface area contributed by atoms with E-state index in [0.717, 1.165) is 39.0 Å². The lowest BCUT2D eigenvalue weighted by molar-refractivity contribution is 0.669. The highest BCUT2D eigenvalue weighted by atomic mass is 32.1. The Hall–Kier alpha value is -5.64.